The fraction of sp³-hybridized carbons (Fsp3) is 0.438. The van der Waals surface area contributed by atoms with Crippen molar-refractivity contribution in [3.8, 4) is 11.4 Å². The Morgan fingerprint density at radius 1 is 1.32 bits per heavy atom. The van der Waals surface area contributed by atoms with Crippen molar-refractivity contribution in [2.24, 2.45) is 0 Å². The van der Waals surface area contributed by atoms with Crippen molar-refractivity contribution in [2.75, 3.05) is 18.8 Å². The monoisotopic (exact) mass is 372 g/mol. The summed E-state index contributed by atoms with van der Waals surface area (Å²) in [5, 5.41) is 0.582. The molecule has 0 atom stereocenters. The highest BCUT2D eigenvalue weighted by atomic mass is 32.1. The molecule has 3 rings (SSSR count). The number of piperidine rings is 1. The summed E-state index contributed by atoms with van der Waals surface area (Å²) in [6.45, 7) is 1.79. The SMILES string of the molecule is CC(F)(F)F.Nc1nc(-c2ccccn2)c(C2CCN(C=O)CC2)s1. The van der Waals surface area contributed by atoms with E-state index in [-0.39, 0.29) is 6.92 Å². The molecule has 1 aliphatic heterocycles. The van der Waals surface area contributed by atoms with E-state index in [1.807, 2.05) is 23.1 Å². The van der Waals surface area contributed by atoms with Crippen LogP contribution in [0.2, 0.25) is 0 Å². The molecular weight excluding hydrogens is 353 g/mol. The van der Waals surface area contributed by atoms with E-state index in [4.69, 9.17) is 5.73 Å². The molecule has 25 heavy (non-hydrogen) atoms. The molecule has 5 nitrogen and oxygen atoms in total. The number of rotatable bonds is 3. The van der Waals surface area contributed by atoms with E-state index in [1.165, 1.54) is 4.88 Å². The molecule has 136 valence electrons. The number of carbonyl (C=O) groups excluding carboxylic acids is 1. The lowest BCUT2D eigenvalue weighted by Crippen LogP contribution is -2.31. The van der Waals surface area contributed by atoms with E-state index >= 15 is 0 Å². The number of hydrogen-bond donors (Lipinski definition) is 1. The van der Waals surface area contributed by atoms with Crippen LogP contribution in [0.5, 0.6) is 0 Å². The molecule has 2 aromatic heterocycles. The molecule has 0 spiro atoms. The third-order valence-electron chi connectivity index (χ3n) is 3.63. The number of pyridine rings is 1. The third-order valence-corrected chi connectivity index (χ3v) is 4.67. The number of thiazole rings is 1. The summed E-state index contributed by atoms with van der Waals surface area (Å²) in [6.07, 6.45) is 0.612. The zero-order chi connectivity index (χ0) is 18.4. The van der Waals surface area contributed by atoms with Gasteiger partial charge in [-0.3, -0.25) is 9.78 Å². The molecule has 0 bridgehead atoms. The molecule has 1 amide bonds. The Bertz CT molecular complexity index is 676. The number of nitrogens with two attached hydrogens (primary N) is 1. The summed E-state index contributed by atoms with van der Waals surface area (Å²) in [5.74, 6) is 0.415. The maximum absolute atomic E-state index is 10.8. The number of anilines is 1. The van der Waals surface area contributed by atoms with Crippen LogP contribution in [0.15, 0.2) is 24.4 Å². The molecule has 1 saturated heterocycles. The van der Waals surface area contributed by atoms with Gasteiger partial charge in [-0.05, 0) is 30.9 Å². The molecule has 2 aromatic rings. The molecule has 0 aliphatic carbocycles. The van der Waals surface area contributed by atoms with Gasteiger partial charge < -0.3 is 10.6 Å². The lowest BCUT2D eigenvalue weighted by Gasteiger charge is -2.28. The number of halogens is 3. The highest BCUT2D eigenvalue weighted by Gasteiger charge is 2.25. The van der Waals surface area contributed by atoms with Gasteiger partial charge in [-0.25, -0.2) is 4.98 Å². The van der Waals surface area contributed by atoms with E-state index in [9.17, 15) is 18.0 Å². The maximum atomic E-state index is 10.8. The number of likely N-dealkylation sites (tertiary alicyclic amines) is 1. The van der Waals surface area contributed by atoms with Crippen molar-refractivity contribution in [1.29, 1.82) is 0 Å². The van der Waals surface area contributed by atoms with Crippen LogP contribution in [-0.2, 0) is 4.79 Å². The number of carbonyl (C=O) groups is 1. The maximum Gasteiger partial charge on any atom is 0.386 e. The van der Waals surface area contributed by atoms with Gasteiger partial charge in [-0.2, -0.15) is 13.2 Å². The average Bonchev–Trinajstić information content (AvgIpc) is 2.96. The first kappa shape index (κ1) is 19.2. The molecule has 9 heteroatoms. The summed E-state index contributed by atoms with van der Waals surface area (Å²) >= 11 is 1.54. The van der Waals surface area contributed by atoms with Crippen LogP contribution in [-0.4, -0.2) is 40.5 Å². The summed E-state index contributed by atoms with van der Waals surface area (Å²) in [7, 11) is 0. The van der Waals surface area contributed by atoms with Crippen molar-refractivity contribution in [2.45, 2.75) is 31.9 Å². The lowest BCUT2D eigenvalue weighted by atomic mass is 9.94. The van der Waals surface area contributed by atoms with Gasteiger partial charge >= 0.3 is 6.18 Å². The minimum absolute atomic E-state index is 0.188. The molecule has 0 unspecified atom stereocenters. The van der Waals surface area contributed by atoms with Crippen molar-refractivity contribution in [1.82, 2.24) is 14.9 Å². The Kier molecular flexibility index (Phi) is 6.35. The molecule has 2 N–H and O–H groups in total. The van der Waals surface area contributed by atoms with Crippen molar-refractivity contribution < 1.29 is 18.0 Å². The number of amides is 1. The smallest absolute Gasteiger partial charge is 0.375 e. The highest BCUT2D eigenvalue weighted by molar-refractivity contribution is 7.15. The predicted octanol–water partition coefficient (Wildman–Crippen LogP) is 3.69. The fourth-order valence-electron chi connectivity index (χ4n) is 2.58. The fourth-order valence-corrected chi connectivity index (χ4v) is 3.59. The van der Waals surface area contributed by atoms with Crippen LogP contribution >= 0.6 is 11.3 Å². The van der Waals surface area contributed by atoms with E-state index in [0.717, 1.165) is 43.7 Å². The zero-order valence-corrected chi connectivity index (χ0v) is 14.5. The molecule has 1 fully saturated rings. The van der Waals surface area contributed by atoms with Gasteiger partial charge in [0.25, 0.3) is 0 Å². The van der Waals surface area contributed by atoms with Gasteiger partial charge in [0.2, 0.25) is 6.41 Å². The van der Waals surface area contributed by atoms with Crippen molar-refractivity contribution >= 4 is 22.9 Å². The number of alkyl halides is 3. The second-order valence-corrected chi connectivity index (χ2v) is 6.74. The van der Waals surface area contributed by atoms with Crippen LogP contribution < -0.4 is 5.73 Å². The van der Waals surface area contributed by atoms with Crippen LogP contribution in [0.3, 0.4) is 0 Å². The molecular formula is C16H19F3N4OS. The standard InChI is InChI=1S/C14H16N4OS.C2H3F3/c15-14-17-12(11-3-1-2-6-16-11)13(20-14)10-4-7-18(9-19)8-5-10;1-2(3,4)5/h1-3,6,9-10H,4-5,7-8H2,(H2,15,17);1H3. The van der Waals surface area contributed by atoms with Crippen molar-refractivity contribution in [3.63, 3.8) is 0 Å². The molecule has 0 saturated carbocycles. The first-order valence-electron chi connectivity index (χ1n) is 7.71. The van der Waals surface area contributed by atoms with Crippen LogP contribution in [0, 0.1) is 0 Å². The van der Waals surface area contributed by atoms with Crippen LogP contribution in [0.25, 0.3) is 11.4 Å². The normalized spacial score (nSPS) is 15.4. The van der Waals surface area contributed by atoms with Crippen LogP contribution in [0.4, 0.5) is 18.3 Å². The van der Waals surface area contributed by atoms with E-state index < -0.39 is 6.18 Å². The Morgan fingerprint density at radius 2 is 1.96 bits per heavy atom. The quantitative estimate of drug-likeness (QED) is 0.834. The number of hydrogen-bond acceptors (Lipinski definition) is 5. The molecule has 0 aromatic carbocycles. The number of aromatic nitrogens is 2. The second kappa shape index (κ2) is 8.28. The van der Waals surface area contributed by atoms with E-state index in [2.05, 4.69) is 9.97 Å². The Labute approximate surface area is 147 Å². The summed E-state index contributed by atoms with van der Waals surface area (Å²) in [5.41, 5.74) is 7.66. The van der Waals surface area contributed by atoms with Gasteiger partial charge in [0.1, 0.15) is 5.69 Å². The van der Waals surface area contributed by atoms with Gasteiger partial charge in [0.05, 0.1) is 5.69 Å². The van der Waals surface area contributed by atoms with Gasteiger partial charge in [0.15, 0.2) is 5.13 Å². The van der Waals surface area contributed by atoms with Gasteiger partial charge in [-0.1, -0.05) is 6.07 Å². The molecule has 3 heterocycles. The van der Waals surface area contributed by atoms with Crippen molar-refractivity contribution in [3.05, 3.63) is 29.3 Å². The molecule has 0 radical (unpaired) electrons. The lowest BCUT2D eigenvalue weighted by molar-refractivity contribution is -0.119. The Hall–Kier alpha value is -2.16. The average molecular weight is 372 g/mol. The third kappa shape index (κ3) is 6.00. The highest BCUT2D eigenvalue weighted by Crippen LogP contribution is 2.39. The second-order valence-electron chi connectivity index (χ2n) is 5.68. The van der Waals surface area contributed by atoms with Gasteiger partial charge in [0, 0.05) is 31.1 Å². The Morgan fingerprint density at radius 3 is 2.48 bits per heavy atom. The van der Waals surface area contributed by atoms with Crippen LogP contribution in [0.1, 0.15) is 30.6 Å². The first-order chi connectivity index (χ1) is 11.8. The minimum Gasteiger partial charge on any atom is -0.375 e. The van der Waals surface area contributed by atoms with E-state index in [1.54, 1.807) is 17.5 Å². The van der Waals surface area contributed by atoms with Gasteiger partial charge in [-0.15, -0.1) is 11.3 Å². The largest absolute Gasteiger partial charge is 0.386 e. The summed E-state index contributed by atoms with van der Waals surface area (Å²) in [4.78, 5) is 22.6. The first-order valence-corrected chi connectivity index (χ1v) is 8.53. The minimum atomic E-state index is -4.00. The van der Waals surface area contributed by atoms with E-state index in [0.29, 0.717) is 11.0 Å². The zero-order valence-electron chi connectivity index (χ0n) is 13.7. The summed E-state index contributed by atoms with van der Waals surface area (Å²) < 4.78 is 31.1. The predicted molar refractivity (Wildman–Crippen MR) is 91.1 cm³/mol. The topological polar surface area (TPSA) is 72.1 Å². The molecule has 1 aliphatic rings. The Balaban J connectivity index is 0.000000399. The summed E-state index contributed by atoms with van der Waals surface area (Å²) in [6, 6.07) is 5.80. The number of nitrogens with zero attached hydrogens (tertiary/aromatic N) is 3. The number of nitrogen functional groups attached to an aromatic ring is 1.